The number of hydrogen-bond donors (Lipinski definition) is 1. The number of unbranched alkanes of at least 4 members (excludes halogenated alkanes) is 1. The molecule has 146 valence electrons. The van der Waals surface area contributed by atoms with Gasteiger partial charge in [-0.2, -0.15) is 0 Å². The Morgan fingerprint density at radius 3 is 2.96 bits per heavy atom. The van der Waals surface area contributed by atoms with E-state index >= 15 is 0 Å². The third-order valence-corrected chi connectivity index (χ3v) is 6.62. The summed E-state index contributed by atoms with van der Waals surface area (Å²) >= 11 is 1.79. The molecule has 4 nitrogen and oxygen atoms in total. The Hall–Kier alpha value is -2.24. The van der Waals surface area contributed by atoms with Crippen molar-refractivity contribution in [3.63, 3.8) is 0 Å². The minimum absolute atomic E-state index is 0.0177. The highest BCUT2D eigenvalue weighted by atomic mass is 32.1. The zero-order valence-corrected chi connectivity index (χ0v) is 17.2. The van der Waals surface area contributed by atoms with E-state index in [2.05, 4.69) is 28.3 Å². The van der Waals surface area contributed by atoms with E-state index in [9.17, 15) is 4.79 Å². The highest BCUT2D eigenvalue weighted by Gasteiger charge is 2.23. The fourth-order valence-corrected chi connectivity index (χ4v) is 4.85. The quantitative estimate of drug-likeness (QED) is 0.609. The fourth-order valence-electron chi connectivity index (χ4n) is 3.96. The molecule has 1 aliphatic rings. The lowest BCUT2D eigenvalue weighted by Gasteiger charge is -2.30. The second-order valence-electron chi connectivity index (χ2n) is 7.62. The average molecular weight is 394 g/mol. The van der Waals surface area contributed by atoms with Gasteiger partial charge in [0.2, 0.25) is 0 Å². The summed E-state index contributed by atoms with van der Waals surface area (Å²) in [5.74, 6) is 0.0177. The molecule has 1 amide bonds. The molecule has 1 unspecified atom stereocenters. The Morgan fingerprint density at radius 2 is 2.07 bits per heavy atom. The van der Waals surface area contributed by atoms with Crippen LogP contribution in [0.4, 0.5) is 0 Å². The molecule has 1 heterocycles. The SMILES string of the molecule is CN(CCCCNC(=O)c1ccc2ccccc2c1)C1CCc2ncsc2C1. The van der Waals surface area contributed by atoms with Gasteiger partial charge in [0, 0.05) is 23.0 Å². The molecule has 28 heavy (non-hydrogen) atoms. The molecule has 3 aromatic rings. The number of rotatable bonds is 7. The van der Waals surface area contributed by atoms with Crippen LogP contribution in [-0.4, -0.2) is 42.0 Å². The smallest absolute Gasteiger partial charge is 0.251 e. The largest absolute Gasteiger partial charge is 0.352 e. The molecule has 1 atom stereocenters. The topological polar surface area (TPSA) is 45.2 Å². The van der Waals surface area contributed by atoms with Crippen LogP contribution in [0.3, 0.4) is 0 Å². The number of thiazole rings is 1. The van der Waals surface area contributed by atoms with Gasteiger partial charge >= 0.3 is 0 Å². The van der Waals surface area contributed by atoms with E-state index in [-0.39, 0.29) is 5.91 Å². The zero-order valence-electron chi connectivity index (χ0n) is 16.4. The molecular formula is C23H27N3OS. The summed E-state index contributed by atoms with van der Waals surface area (Å²) in [6.07, 6.45) is 5.54. The van der Waals surface area contributed by atoms with Gasteiger partial charge in [0.1, 0.15) is 0 Å². The van der Waals surface area contributed by atoms with E-state index < -0.39 is 0 Å². The van der Waals surface area contributed by atoms with Crippen LogP contribution < -0.4 is 5.32 Å². The monoisotopic (exact) mass is 393 g/mol. The Labute approximate surface area is 170 Å². The summed E-state index contributed by atoms with van der Waals surface area (Å²) < 4.78 is 0. The predicted molar refractivity (Wildman–Crippen MR) is 116 cm³/mol. The van der Waals surface area contributed by atoms with Crippen molar-refractivity contribution in [3.8, 4) is 0 Å². The van der Waals surface area contributed by atoms with Crippen molar-refractivity contribution in [2.45, 2.75) is 38.1 Å². The van der Waals surface area contributed by atoms with Crippen molar-refractivity contribution in [1.29, 1.82) is 0 Å². The highest BCUT2D eigenvalue weighted by Crippen LogP contribution is 2.26. The first-order valence-corrected chi connectivity index (χ1v) is 11.0. The molecule has 0 aliphatic heterocycles. The van der Waals surface area contributed by atoms with Crippen LogP contribution in [0.2, 0.25) is 0 Å². The first kappa shape index (κ1) is 19.1. The van der Waals surface area contributed by atoms with Crippen LogP contribution >= 0.6 is 11.3 Å². The van der Waals surface area contributed by atoms with E-state index in [0.29, 0.717) is 6.04 Å². The van der Waals surface area contributed by atoms with Crippen molar-refractivity contribution >= 4 is 28.0 Å². The van der Waals surface area contributed by atoms with E-state index in [1.165, 1.54) is 17.0 Å². The van der Waals surface area contributed by atoms with Crippen molar-refractivity contribution in [2.24, 2.45) is 0 Å². The minimum Gasteiger partial charge on any atom is -0.352 e. The molecule has 1 aromatic heterocycles. The van der Waals surface area contributed by atoms with Gasteiger partial charge in [-0.25, -0.2) is 4.98 Å². The second-order valence-corrected chi connectivity index (χ2v) is 8.56. The maximum Gasteiger partial charge on any atom is 0.251 e. The van der Waals surface area contributed by atoms with E-state index in [1.807, 2.05) is 41.9 Å². The number of carbonyl (C=O) groups excluding carboxylic acids is 1. The van der Waals surface area contributed by atoms with Crippen LogP contribution in [-0.2, 0) is 12.8 Å². The number of aryl methyl sites for hydroxylation is 1. The molecule has 2 aromatic carbocycles. The molecule has 1 N–H and O–H groups in total. The molecular weight excluding hydrogens is 366 g/mol. The van der Waals surface area contributed by atoms with E-state index in [4.69, 9.17) is 0 Å². The number of carbonyl (C=O) groups is 1. The Bertz CT molecular complexity index is 952. The van der Waals surface area contributed by atoms with Crippen LogP contribution in [0.1, 0.15) is 40.2 Å². The molecule has 0 fully saturated rings. The van der Waals surface area contributed by atoms with Gasteiger partial charge < -0.3 is 10.2 Å². The third-order valence-electron chi connectivity index (χ3n) is 5.72. The second kappa shape index (κ2) is 8.84. The molecule has 0 bridgehead atoms. The number of nitrogens with zero attached hydrogens (tertiary/aromatic N) is 2. The summed E-state index contributed by atoms with van der Waals surface area (Å²) in [5.41, 5.74) is 4.02. The Kier molecular flexibility index (Phi) is 6.03. The number of hydrogen-bond acceptors (Lipinski definition) is 4. The van der Waals surface area contributed by atoms with Crippen molar-refractivity contribution < 1.29 is 4.79 Å². The van der Waals surface area contributed by atoms with Crippen LogP contribution in [0.5, 0.6) is 0 Å². The molecule has 0 spiro atoms. The predicted octanol–water partition coefficient (Wildman–Crippen LogP) is 4.30. The molecule has 1 aliphatic carbocycles. The lowest BCUT2D eigenvalue weighted by molar-refractivity contribution is 0.0952. The number of nitrogens with one attached hydrogen (secondary N) is 1. The van der Waals surface area contributed by atoms with Gasteiger partial charge in [0.05, 0.1) is 11.2 Å². The summed E-state index contributed by atoms with van der Waals surface area (Å²) in [6.45, 7) is 1.80. The maximum atomic E-state index is 12.4. The van der Waals surface area contributed by atoms with E-state index in [0.717, 1.165) is 55.1 Å². The Morgan fingerprint density at radius 1 is 1.21 bits per heavy atom. The lowest BCUT2D eigenvalue weighted by Crippen LogP contribution is -2.37. The molecule has 0 saturated carbocycles. The lowest BCUT2D eigenvalue weighted by atomic mass is 9.96. The molecule has 0 radical (unpaired) electrons. The molecule has 0 saturated heterocycles. The van der Waals surface area contributed by atoms with Gasteiger partial charge in [-0.3, -0.25) is 4.79 Å². The number of aromatic nitrogens is 1. The molecule has 5 heteroatoms. The minimum atomic E-state index is 0.0177. The van der Waals surface area contributed by atoms with Crippen molar-refractivity contribution in [1.82, 2.24) is 15.2 Å². The zero-order chi connectivity index (χ0) is 19.3. The molecule has 4 rings (SSSR count). The highest BCUT2D eigenvalue weighted by molar-refractivity contribution is 7.09. The fraction of sp³-hybridized carbons (Fsp3) is 0.391. The van der Waals surface area contributed by atoms with Gasteiger partial charge in [-0.05, 0) is 68.6 Å². The van der Waals surface area contributed by atoms with Crippen molar-refractivity contribution in [2.75, 3.05) is 20.1 Å². The first-order valence-electron chi connectivity index (χ1n) is 10.1. The summed E-state index contributed by atoms with van der Waals surface area (Å²) in [6, 6.07) is 14.6. The standard InChI is InChI=1S/C23H27N3OS/c1-26(20-10-11-21-22(15-20)28-16-25-21)13-5-4-12-24-23(27)19-9-8-17-6-2-3-7-18(17)14-19/h2-3,6-9,14,16,20H,4-5,10-13,15H2,1H3,(H,24,27). The van der Waals surface area contributed by atoms with Crippen molar-refractivity contribution in [3.05, 3.63) is 64.1 Å². The number of amides is 1. The van der Waals surface area contributed by atoms with Gasteiger partial charge in [-0.15, -0.1) is 11.3 Å². The van der Waals surface area contributed by atoms with Crippen LogP contribution in [0, 0.1) is 0 Å². The van der Waals surface area contributed by atoms with Crippen LogP contribution in [0.25, 0.3) is 10.8 Å². The van der Waals surface area contributed by atoms with E-state index in [1.54, 1.807) is 11.3 Å². The first-order chi connectivity index (χ1) is 13.7. The number of benzene rings is 2. The number of fused-ring (bicyclic) bond motifs is 2. The summed E-state index contributed by atoms with van der Waals surface area (Å²) in [4.78, 5) is 20.8. The summed E-state index contributed by atoms with van der Waals surface area (Å²) in [7, 11) is 2.23. The van der Waals surface area contributed by atoms with Gasteiger partial charge in [-0.1, -0.05) is 30.3 Å². The normalized spacial score (nSPS) is 16.3. The average Bonchev–Trinajstić information content (AvgIpc) is 3.20. The van der Waals surface area contributed by atoms with Gasteiger partial charge in [0.25, 0.3) is 5.91 Å². The van der Waals surface area contributed by atoms with Crippen LogP contribution in [0.15, 0.2) is 48.0 Å². The third kappa shape index (κ3) is 4.42. The number of likely N-dealkylation sites (N-methyl/N-ethyl adjacent to an activating group) is 1. The maximum absolute atomic E-state index is 12.4. The summed E-state index contributed by atoms with van der Waals surface area (Å²) in [5, 5.41) is 5.33. The Balaban J connectivity index is 1.18. The van der Waals surface area contributed by atoms with Gasteiger partial charge in [0.15, 0.2) is 0 Å².